The number of hydrogen-bond acceptors (Lipinski definition) is 4. The molecule has 0 fully saturated rings. The van der Waals surface area contributed by atoms with Crippen LogP contribution in [-0.4, -0.2) is 18.2 Å². The Morgan fingerprint density at radius 2 is 2.08 bits per heavy atom. The van der Waals surface area contributed by atoms with Crippen molar-refractivity contribution in [1.29, 1.82) is 0 Å². The molecule has 1 aliphatic heterocycles. The number of aromatic hydroxyl groups is 1. The summed E-state index contributed by atoms with van der Waals surface area (Å²) in [5, 5.41) is 13.9. The number of hydrogen-bond donors (Lipinski definition) is 4. The number of rotatable bonds is 4. The lowest BCUT2D eigenvalue weighted by atomic mass is 9.89. The van der Waals surface area contributed by atoms with Crippen LogP contribution in [0.1, 0.15) is 11.1 Å². The fraction of sp³-hybridized carbons (Fsp3) is 0.158. The van der Waals surface area contributed by atoms with Crippen molar-refractivity contribution < 1.29 is 5.11 Å². The van der Waals surface area contributed by atoms with Gasteiger partial charge < -0.3 is 21.9 Å². The van der Waals surface area contributed by atoms with E-state index in [1.165, 1.54) is 0 Å². The molecule has 0 atom stereocenters. The third-order valence-corrected chi connectivity index (χ3v) is 4.87. The zero-order chi connectivity index (χ0) is 17.3. The summed E-state index contributed by atoms with van der Waals surface area (Å²) in [5.74, 6) is 0.205. The summed E-state index contributed by atoms with van der Waals surface area (Å²) in [4.78, 5) is 0. The molecule has 0 bridgehead atoms. The van der Waals surface area contributed by atoms with Crippen molar-refractivity contribution in [1.82, 2.24) is 0 Å². The lowest BCUT2D eigenvalue weighted by molar-refractivity contribution is 0.477. The van der Waals surface area contributed by atoms with Crippen LogP contribution < -0.4 is 16.8 Å². The van der Waals surface area contributed by atoms with Crippen LogP contribution in [0.15, 0.2) is 47.5 Å². The maximum Gasteiger partial charge on any atom is 0.124 e. The van der Waals surface area contributed by atoms with Crippen molar-refractivity contribution in [3.63, 3.8) is 0 Å². The smallest absolute Gasteiger partial charge is 0.124 e. The van der Waals surface area contributed by atoms with Crippen LogP contribution in [0.2, 0.25) is 0 Å². The monoisotopic (exact) mass is 385 g/mol. The molecule has 5 heteroatoms. The second-order valence-corrected chi connectivity index (χ2v) is 6.55. The standard InChI is InChI=1S/C19H20BrN3O/c1-2-11-6-8-23-16-3-4-17(24)19(18(11)16)13-10-15(22)12(5-7-21)9-14(13)20/h2-4,6,9-10,23-24H,1,5,7-8,21-22H2. The van der Waals surface area contributed by atoms with Crippen molar-refractivity contribution in [3.05, 3.63) is 58.6 Å². The minimum Gasteiger partial charge on any atom is -0.507 e. The van der Waals surface area contributed by atoms with Gasteiger partial charge >= 0.3 is 0 Å². The summed E-state index contributed by atoms with van der Waals surface area (Å²) in [7, 11) is 0. The second kappa shape index (κ2) is 6.71. The van der Waals surface area contributed by atoms with Gasteiger partial charge in [0.05, 0.1) is 0 Å². The quantitative estimate of drug-likeness (QED) is 0.474. The molecule has 24 heavy (non-hydrogen) atoms. The molecular weight excluding hydrogens is 366 g/mol. The molecule has 0 saturated heterocycles. The van der Waals surface area contributed by atoms with Crippen LogP contribution in [0.4, 0.5) is 11.4 Å². The van der Waals surface area contributed by atoms with E-state index in [9.17, 15) is 5.11 Å². The number of nitrogens with two attached hydrogens (primary N) is 2. The number of phenols is 1. The number of nitrogen functional groups attached to an aromatic ring is 1. The molecular formula is C19H20BrN3O. The number of benzene rings is 2. The first-order valence-corrected chi connectivity index (χ1v) is 8.57. The third kappa shape index (κ3) is 2.81. The Hall–Kier alpha value is -2.24. The Kier molecular flexibility index (Phi) is 4.64. The van der Waals surface area contributed by atoms with Gasteiger partial charge in [-0.2, -0.15) is 0 Å². The zero-order valence-electron chi connectivity index (χ0n) is 13.3. The van der Waals surface area contributed by atoms with Crippen LogP contribution in [-0.2, 0) is 6.42 Å². The van der Waals surface area contributed by atoms with Crippen molar-refractivity contribution in [3.8, 4) is 16.9 Å². The molecule has 0 unspecified atom stereocenters. The summed E-state index contributed by atoms with van der Waals surface area (Å²) in [6, 6.07) is 7.44. The minimum atomic E-state index is 0.205. The van der Waals surface area contributed by atoms with Gasteiger partial charge in [-0.1, -0.05) is 34.7 Å². The van der Waals surface area contributed by atoms with Crippen LogP contribution in [0.5, 0.6) is 5.75 Å². The highest BCUT2D eigenvalue weighted by molar-refractivity contribution is 9.10. The highest BCUT2D eigenvalue weighted by Gasteiger charge is 2.21. The lowest BCUT2D eigenvalue weighted by Crippen LogP contribution is -2.09. The summed E-state index contributed by atoms with van der Waals surface area (Å²) in [6.45, 7) is 5.17. The molecule has 2 aromatic carbocycles. The average Bonchev–Trinajstić information content (AvgIpc) is 2.58. The Labute approximate surface area is 150 Å². The summed E-state index contributed by atoms with van der Waals surface area (Å²) >= 11 is 3.62. The number of halogens is 1. The van der Waals surface area contributed by atoms with Crippen molar-refractivity contribution in [2.45, 2.75) is 6.42 Å². The highest BCUT2D eigenvalue weighted by Crippen LogP contribution is 2.45. The molecule has 6 N–H and O–H groups in total. The molecule has 0 spiro atoms. The zero-order valence-corrected chi connectivity index (χ0v) is 14.9. The molecule has 3 rings (SSSR count). The number of allylic oxidation sites excluding steroid dienone is 2. The van der Waals surface area contributed by atoms with E-state index in [1.807, 2.05) is 24.3 Å². The molecule has 124 valence electrons. The molecule has 0 aliphatic carbocycles. The van der Waals surface area contributed by atoms with E-state index in [0.717, 1.165) is 44.5 Å². The largest absolute Gasteiger partial charge is 0.507 e. The number of anilines is 2. The fourth-order valence-electron chi connectivity index (χ4n) is 3.06. The van der Waals surface area contributed by atoms with E-state index in [-0.39, 0.29) is 5.75 Å². The molecule has 2 aromatic rings. The Morgan fingerprint density at radius 3 is 2.79 bits per heavy atom. The van der Waals surface area contributed by atoms with Crippen molar-refractivity contribution in [2.24, 2.45) is 5.73 Å². The van der Waals surface area contributed by atoms with Gasteiger partial charge in [-0.15, -0.1) is 0 Å². The first-order valence-electron chi connectivity index (χ1n) is 7.78. The summed E-state index contributed by atoms with van der Waals surface area (Å²) in [5.41, 5.74) is 18.0. The van der Waals surface area contributed by atoms with E-state index in [2.05, 4.69) is 33.9 Å². The predicted molar refractivity (Wildman–Crippen MR) is 105 cm³/mol. The molecule has 1 aliphatic rings. The lowest BCUT2D eigenvalue weighted by Gasteiger charge is -2.23. The maximum absolute atomic E-state index is 10.6. The molecule has 0 saturated carbocycles. The van der Waals surface area contributed by atoms with Gasteiger partial charge in [-0.05, 0) is 48.4 Å². The molecule has 0 amide bonds. The van der Waals surface area contributed by atoms with Gasteiger partial charge in [-0.25, -0.2) is 0 Å². The van der Waals surface area contributed by atoms with Crippen LogP contribution in [0.25, 0.3) is 16.7 Å². The maximum atomic E-state index is 10.6. The van der Waals surface area contributed by atoms with Gasteiger partial charge in [0.25, 0.3) is 0 Å². The Bertz CT molecular complexity index is 843. The van der Waals surface area contributed by atoms with E-state index in [0.29, 0.717) is 18.7 Å². The van der Waals surface area contributed by atoms with Crippen LogP contribution >= 0.6 is 15.9 Å². The third-order valence-electron chi connectivity index (χ3n) is 4.22. The van der Waals surface area contributed by atoms with E-state index < -0.39 is 0 Å². The number of nitrogens with one attached hydrogen (secondary N) is 1. The number of phenolic OH excluding ortho intramolecular Hbond substituents is 1. The van der Waals surface area contributed by atoms with E-state index >= 15 is 0 Å². The van der Waals surface area contributed by atoms with Gasteiger partial charge in [-0.3, -0.25) is 0 Å². The van der Waals surface area contributed by atoms with Gasteiger partial charge in [0.1, 0.15) is 5.75 Å². The highest BCUT2D eigenvalue weighted by atomic mass is 79.9. The van der Waals surface area contributed by atoms with Gasteiger partial charge in [0, 0.05) is 39.1 Å². The molecule has 1 heterocycles. The first kappa shape index (κ1) is 16.6. The number of fused-ring (bicyclic) bond motifs is 1. The van der Waals surface area contributed by atoms with Gasteiger partial charge in [0.15, 0.2) is 0 Å². The minimum absolute atomic E-state index is 0.205. The SMILES string of the molecule is C=CC1=CCNc2ccc(O)c(-c3cc(N)c(CCN)cc3Br)c21. The van der Waals surface area contributed by atoms with Gasteiger partial charge in [0.2, 0.25) is 0 Å². The van der Waals surface area contributed by atoms with Crippen LogP contribution in [0.3, 0.4) is 0 Å². The van der Waals surface area contributed by atoms with Crippen LogP contribution in [0, 0.1) is 0 Å². The molecule has 0 aromatic heterocycles. The Morgan fingerprint density at radius 1 is 1.29 bits per heavy atom. The Balaban J connectivity index is 2.27. The molecule has 0 radical (unpaired) electrons. The van der Waals surface area contributed by atoms with Crippen molar-refractivity contribution in [2.75, 3.05) is 24.1 Å². The average molecular weight is 386 g/mol. The fourth-order valence-corrected chi connectivity index (χ4v) is 3.65. The molecule has 4 nitrogen and oxygen atoms in total. The van der Waals surface area contributed by atoms with E-state index in [1.54, 1.807) is 6.07 Å². The topological polar surface area (TPSA) is 84.3 Å². The summed E-state index contributed by atoms with van der Waals surface area (Å²) < 4.78 is 0.873. The second-order valence-electron chi connectivity index (χ2n) is 5.70. The van der Waals surface area contributed by atoms with E-state index in [4.69, 9.17) is 11.5 Å². The van der Waals surface area contributed by atoms with Crippen molar-refractivity contribution >= 4 is 32.9 Å². The normalized spacial score (nSPS) is 13.0. The predicted octanol–water partition coefficient (Wildman–Crippen LogP) is 3.90. The first-order chi connectivity index (χ1) is 11.6. The summed E-state index contributed by atoms with van der Waals surface area (Å²) in [6.07, 6.45) is 4.57.